The maximum atomic E-state index is 6.81. The molecule has 0 N–H and O–H groups in total. The predicted molar refractivity (Wildman–Crippen MR) is 104 cm³/mol. The van der Waals surface area contributed by atoms with Crippen LogP contribution in [0.15, 0.2) is 11.5 Å². The molecule has 0 amide bonds. The molecule has 0 aromatic heterocycles. The van der Waals surface area contributed by atoms with E-state index >= 15 is 0 Å². The minimum Gasteiger partial charge on any atom is -0.399 e. The Bertz CT molecular complexity index is 528. The molecule has 5 aliphatic rings. The molecular formula is C22H37BO2. The van der Waals surface area contributed by atoms with Crippen molar-refractivity contribution in [2.24, 2.45) is 11.3 Å². The third-order valence-electron chi connectivity index (χ3n) is 8.22. The molecule has 25 heavy (non-hydrogen) atoms. The van der Waals surface area contributed by atoms with Crippen molar-refractivity contribution in [3.05, 3.63) is 11.5 Å². The summed E-state index contributed by atoms with van der Waals surface area (Å²) in [5.74, 6) is 0.827. The number of hydrogen-bond donors (Lipinski definition) is 0. The van der Waals surface area contributed by atoms with Gasteiger partial charge >= 0.3 is 7.12 Å². The van der Waals surface area contributed by atoms with Crippen LogP contribution in [0, 0.1) is 11.3 Å². The van der Waals surface area contributed by atoms with E-state index in [4.69, 9.17) is 9.31 Å². The van der Waals surface area contributed by atoms with E-state index in [-0.39, 0.29) is 23.7 Å². The Hall–Kier alpha value is -0.275. The second-order valence-electron chi connectivity index (χ2n) is 9.93. The Morgan fingerprint density at radius 1 is 0.920 bits per heavy atom. The van der Waals surface area contributed by atoms with E-state index in [0.29, 0.717) is 0 Å². The van der Waals surface area contributed by atoms with Crippen molar-refractivity contribution in [2.45, 2.75) is 115 Å². The molecule has 1 aliphatic heterocycles. The molecule has 1 spiro atoms. The van der Waals surface area contributed by atoms with Crippen molar-refractivity contribution < 1.29 is 9.31 Å². The average molecular weight is 344 g/mol. The molecule has 2 bridgehead atoms. The first-order valence-electron chi connectivity index (χ1n) is 11.0. The van der Waals surface area contributed by atoms with E-state index in [1.807, 2.05) is 0 Å². The number of hydrogen-bond acceptors (Lipinski definition) is 2. The Morgan fingerprint density at radius 2 is 1.60 bits per heavy atom. The lowest BCUT2D eigenvalue weighted by Crippen LogP contribution is -2.73. The molecule has 3 unspecified atom stereocenters. The van der Waals surface area contributed by atoms with Gasteiger partial charge in [-0.15, -0.1) is 0 Å². The first-order chi connectivity index (χ1) is 12.0. The van der Waals surface area contributed by atoms with Crippen molar-refractivity contribution in [1.29, 1.82) is 0 Å². The highest BCUT2D eigenvalue weighted by Crippen LogP contribution is 2.70. The van der Waals surface area contributed by atoms with Crippen LogP contribution in [0.25, 0.3) is 0 Å². The van der Waals surface area contributed by atoms with E-state index in [2.05, 4.69) is 26.8 Å². The molecule has 1 saturated heterocycles. The fraction of sp³-hybridized carbons (Fsp3) is 0.909. The summed E-state index contributed by atoms with van der Waals surface area (Å²) in [4.78, 5) is 0. The summed E-state index contributed by atoms with van der Waals surface area (Å²) >= 11 is 0. The highest BCUT2D eigenvalue weighted by molar-refractivity contribution is 6.54. The predicted octanol–water partition coefficient (Wildman–Crippen LogP) is 6.24. The quantitative estimate of drug-likeness (QED) is 0.524. The number of fused-ring (bicyclic) bond motifs is 1. The van der Waals surface area contributed by atoms with Crippen LogP contribution in [0.3, 0.4) is 0 Å². The monoisotopic (exact) mass is 344 g/mol. The van der Waals surface area contributed by atoms with Gasteiger partial charge in [0.1, 0.15) is 0 Å². The molecule has 0 aromatic carbocycles. The first kappa shape index (κ1) is 18.1. The highest BCUT2D eigenvalue weighted by atomic mass is 16.7. The third kappa shape index (κ3) is 2.85. The van der Waals surface area contributed by atoms with Gasteiger partial charge in [-0.3, -0.25) is 0 Å². The second-order valence-corrected chi connectivity index (χ2v) is 9.93. The molecule has 140 valence electrons. The van der Waals surface area contributed by atoms with Crippen LogP contribution in [-0.2, 0) is 9.31 Å². The molecule has 4 aliphatic carbocycles. The maximum Gasteiger partial charge on any atom is 0.490 e. The van der Waals surface area contributed by atoms with Gasteiger partial charge in [-0.05, 0) is 62.3 Å². The summed E-state index contributed by atoms with van der Waals surface area (Å²) < 4.78 is 13.5. The van der Waals surface area contributed by atoms with Crippen LogP contribution in [0.5, 0.6) is 0 Å². The van der Waals surface area contributed by atoms with Crippen molar-refractivity contribution in [3.8, 4) is 0 Å². The van der Waals surface area contributed by atoms with Crippen LogP contribution in [-0.4, -0.2) is 18.3 Å². The highest BCUT2D eigenvalue weighted by Gasteiger charge is 2.76. The smallest absolute Gasteiger partial charge is 0.399 e. The van der Waals surface area contributed by atoms with Gasteiger partial charge in [0, 0.05) is 0 Å². The van der Waals surface area contributed by atoms with Gasteiger partial charge in [-0.1, -0.05) is 64.9 Å². The lowest BCUT2D eigenvalue weighted by molar-refractivity contribution is -0.257. The Morgan fingerprint density at radius 3 is 2.28 bits per heavy atom. The molecular weight excluding hydrogens is 307 g/mol. The Balaban J connectivity index is 1.50. The lowest BCUT2D eigenvalue weighted by atomic mass is 9.41. The van der Waals surface area contributed by atoms with Crippen LogP contribution in [0.2, 0.25) is 0 Å². The van der Waals surface area contributed by atoms with Crippen molar-refractivity contribution >= 4 is 7.12 Å². The minimum absolute atomic E-state index is 0.0435. The molecule has 0 radical (unpaired) electrons. The van der Waals surface area contributed by atoms with Gasteiger partial charge in [0.05, 0.1) is 11.2 Å². The van der Waals surface area contributed by atoms with Crippen LogP contribution in [0.4, 0.5) is 0 Å². The van der Waals surface area contributed by atoms with Crippen LogP contribution >= 0.6 is 0 Å². The maximum absolute atomic E-state index is 6.81. The van der Waals surface area contributed by atoms with Crippen LogP contribution in [0.1, 0.15) is 104 Å². The van der Waals surface area contributed by atoms with Gasteiger partial charge in [-0.2, -0.15) is 0 Å². The zero-order chi connectivity index (χ0) is 17.5. The van der Waals surface area contributed by atoms with Crippen molar-refractivity contribution in [3.63, 3.8) is 0 Å². The van der Waals surface area contributed by atoms with E-state index in [1.54, 1.807) is 0 Å². The zero-order valence-electron chi connectivity index (χ0n) is 16.7. The van der Waals surface area contributed by atoms with E-state index < -0.39 is 0 Å². The van der Waals surface area contributed by atoms with E-state index in [9.17, 15) is 0 Å². The summed E-state index contributed by atoms with van der Waals surface area (Å²) in [6.45, 7) is 7.17. The second kappa shape index (κ2) is 6.71. The van der Waals surface area contributed by atoms with Gasteiger partial charge in [-0.25, -0.2) is 0 Å². The van der Waals surface area contributed by atoms with E-state index in [0.717, 1.165) is 5.92 Å². The fourth-order valence-corrected chi connectivity index (χ4v) is 6.29. The largest absolute Gasteiger partial charge is 0.490 e. The summed E-state index contributed by atoms with van der Waals surface area (Å²) in [6, 6.07) is 0. The number of rotatable bonds is 1. The van der Waals surface area contributed by atoms with Gasteiger partial charge in [0.2, 0.25) is 0 Å². The van der Waals surface area contributed by atoms with Crippen molar-refractivity contribution in [1.82, 2.24) is 0 Å². The average Bonchev–Trinajstić information content (AvgIpc) is 2.91. The van der Waals surface area contributed by atoms with Gasteiger partial charge in [0.15, 0.2) is 0 Å². The van der Waals surface area contributed by atoms with Crippen molar-refractivity contribution in [2.75, 3.05) is 0 Å². The molecule has 3 saturated carbocycles. The van der Waals surface area contributed by atoms with E-state index in [1.165, 1.54) is 88.9 Å². The van der Waals surface area contributed by atoms with Gasteiger partial charge in [0.25, 0.3) is 0 Å². The number of allylic oxidation sites excluding steroid dienone is 2. The SMILES string of the molecule is CC12CCC3CC1(OB(/C1=C/CCCCCCCCCC1)O2)C3(C)C. The summed E-state index contributed by atoms with van der Waals surface area (Å²) in [5.41, 5.74) is 1.59. The topological polar surface area (TPSA) is 18.5 Å². The molecule has 3 atom stereocenters. The normalized spacial score (nSPS) is 43.9. The Labute approximate surface area is 155 Å². The summed E-state index contributed by atoms with van der Waals surface area (Å²) in [7, 11) is -0.0775. The lowest BCUT2D eigenvalue weighted by Gasteiger charge is -2.68. The Kier molecular flexibility index (Phi) is 4.86. The van der Waals surface area contributed by atoms with Crippen LogP contribution < -0.4 is 0 Å². The molecule has 2 nitrogen and oxygen atoms in total. The summed E-state index contributed by atoms with van der Waals surface area (Å²) in [6.07, 6.45) is 19.6. The third-order valence-corrected chi connectivity index (χ3v) is 8.22. The zero-order valence-corrected chi connectivity index (χ0v) is 16.7. The standard InChI is InChI=1S/C22H37BO2/c1-20(2)18-15-16-21(3)22(20,17-18)25-23(24-21)19-13-11-9-7-5-4-6-8-10-12-14-19/h13,18H,4-12,14-17H2,1-3H3/b19-13+. The first-order valence-corrected chi connectivity index (χ1v) is 11.0. The molecule has 5 rings (SSSR count). The minimum atomic E-state index is -0.0829. The molecule has 1 heterocycles. The fourth-order valence-electron chi connectivity index (χ4n) is 6.29. The molecule has 3 heteroatoms. The summed E-state index contributed by atoms with van der Waals surface area (Å²) in [5, 5.41) is 0. The molecule has 4 fully saturated rings. The van der Waals surface area contributed by atoms with Gasteiger partial charge < -0.3 is 9.31 Å². The molecule has 0 aromatic rings.